The summed E-state index contributed by atoms with van der Waals surface area (Å²) in [5.41, 5.74) is 3.23. The number of carbonyl (C=O) groups is 12. The van der Waals surface area contributed by atoms with Crippen LogP contribution in [0.1, 0.15) is 203 Å². The Kier molecular flexibility index (Phi) is 36.9. The molecule has 6 rings (SSSR count). The number of nitrogens with one attached hydrogen (secondary N) is 2. The number of imide groups is 1. The van der Waals surface area contributed by atoms with Gasteiger partial charge in [-0.3, -0.25) is 52.9 Å². The molecule has 2 saturated heterocycles. The minimum atomic E-state index is -0.953. The van der Waals surface area contributed by atoms with Crippen LogP contribution < -0.4 is 20.1 Å². The van der Waals surface area contributed by atoms with Gasteiger partial charge in [0.15, 0.2) is 17.3 Å². The molecule has 28 heteroatoms. The number of aliphatic hydroxyl groups excluding tert-OH is 1. The van der Waals surface area contributed by atoms with Gasteiger partial charge in [0.05, 0.1) is 75.1 Å². The molecule has 3 aromatic rings. The van der Waals surface area contributed by atoms with Crippen molar-refractivity contribution in [3.8, 4) is 11.5 Å². The van der Waals surface area contributed by atoms with E-state index in [1.807, 2.05) is 119 Å². The maximum Gasteiger partial charge on any atom is 0.410 e. The second kappa shape index (κ2) is 44.6. The van der Waals surface area contributed by atoms with E-state index < -0.39 is 88.7 Å². The van der Waals surface area contributed by atoms with E-state index in [0.717, 1.165) is 16.8 Å². The van der Waals surface area contributed by atoms with Crippen LogP contribution in [0.5, 0.6) is 11.5 Å². The van der Waals surface area contributed by atoms with Crippen molar-refractivity contribution in [1.82, 2.24) is 25.1 Å². The van der Waals surface area contributed by atoms with Gasteiger partial charge in [-0.2, -0.15) is 0 Å². The zero-order chi connectivity index (χ0) is 82.8. The molecular formula is C84H121N7O19S2. The van der Waals surface area contributed by atoms with E-state index in [1.165, 1.54) is 40.6 Å². The molecule has 26 nitrogen and oxygen atoms in total. The van der Waals surface area contributed by atoms with Crippen LogP contribution in [-0.4, -0.2) is 203 Å². The number of ether oxygens (including phenoxy) is 5. The molecule has 0 aliphatic carbocycles. The van der Waals surface area contributed by atoms with Crippen molar-refractivity contribution in [3.05, 3.63) is 89.5 Å². The van der Waals surface area contributed by atoms with Gasteiger partial charge in [0.1, 0.15) is 23.9 Å². The molecule has 3 aliphatic rings. The normalized spacial score (nSPS) is 17.8. The van der Waals surface area contributed by atoms with Gasteiger partial charge in [0, 0.05) is 138 Å². The highest BCUT2D eigenvalue weighted by molar-refractivity contribution is 8.77. The topological polar surface area (TPSA) is 330 Å². The van der Waals surface area contributed by atoms with Gasteiger partial charge in [-0.15, -0.1) is 5.06 Å². The Morgan fingerprint density at radius 1 is 0.759 bits per heavy atom. The summed E-state index contributed by atoms with van der Waals surface area (Å²) < 4.78 is 29.1. The van der Waals surface area contributed by atoms with E-state index in [-0.39, 0.29) is 160 Å². The number of fused-ring (bicyclic) bond motifs is 1. The van der Waals surface area contributed by atoms with Gasteiger partial charge in [0.2, 0.25) is 23.6 Å². The van der Waals surface area contributed by atoms with Gasteiger partial charge in [-0.05, 0) is 98.1 Å². The number of hydroxylamine groups is 2. The Balaban J connectivity index is 0.919. The summed E-state index contributed by atoms with van der Waals surface area (Å²) in [4.78, 5) is 175. The van der Waals surface area contributed by atoms with Crippen molar-refractivity contribution >= 4 is 104 Å². The highest BCUT2D eigenvalue weighted by atomic mass is 33.1. The number of nitrogens with zero attached hydrogens (tertiary/aromatic N) is 5. The Hall–Kier alpha value is -8.05. The van der Waals surface area contributed by atoms with Crippen LogP contribution in [0.4, 0.5) is 10.5 Å². The Morgan fingerprint density at radius 2 is 1.44 bits per heavy atom. The number of hydrogen-bond acceptors (Lipinski definition) is 22. The van der Waals surface area contributed by atoms with E-state index in [1.54, 1.807) is 67.3 Å². The van der Waals surface area contributed by atoms with Crippen LogP contribution in [0, 0.1) is 47.3 Å². The first-order valence-corrected chi connectivity index (χ1v) is 41.7. The van der Waals surface area contributed by atoms with Gasteiger partial charge < -0.3 is 59.0 Å². The monoisotopic (exact) mass is 1600 g/mol. The molecule has 0 saturated carbocycles. The first-order chi connectivity index (χ1) is 53.0. The lowest BCUT2D eigenvalue weighted by atomic mass is 9.83. The Labute approximate surface area is 669 Å². The van der Waals surface area contributed by atoms with Gasteiger partial charge in [-0.1, -0.05) is 147 Å². The number of benzene rings is 3. The molecule has 3 N–H and O–H groups in total. The van der Waals surface area contributed by atoms with Crippen LogP contribution in [0.2, 0.25) is 0 Å². The number of aliphatic imine (C=N–C) groups is 1. The van der Waals surface area contributed by atoms with Gasteiger partial charge >= 0.3 is 12.1 Å². The summed E-state index contributed by atoms with van der Waals surface area (Å²) >= 11 is 0. The number of methoxy groups -OCH3 is 2. The Morgan fingerprint density at radius 3 is 2.06 bits per heavy atom. The predicted molar refractivity (Wildman–Crippen MR) is 430 cm³/mol. The lowest BCUT2D eigenvalue weighted by Gasteiger charge is -2.41. The molecule has 0 radical (unpaired) electrons. The second-order valence-corrected chi connectivity index (χ2v) is 34.8. The summed E-state index contributed by atoms with van der Waals surface area (Å²) in [6.45, 7) is 25.0. The molecule has 618 valence electrons. The minimum Gasteiger partial charge on any atom is -0.493 e. The second-order valence-electron chi connectivity index (χ2n) is 31.7. The first-order valence-electron chi connectivity index (χ1n) is 39.3. The van der Waals surface area contributed by atoms with Crippen molar-refractivity contribution in [2.75, 3.05) is 65.7 Å². The molecule has 0 bridgehead atoms. The van der Waals surface area contributed by atoms with Crippen molar-refractivity contribution < 1.29 is 91.2 Å². The van der Waals surface area contributed by atoms with E-state index in [9.17, 15) is 62.6 Å². The zero-order valence-corrected chi connectivity index (χ0v) is 70.2. The number of hydrogen-bond donors (Lipinski definition) is 3. The van der Waals surface area contributed by atoms with Gasteiger partial charge in [-0.25, -0.2) is 9.59 Å². The fourth-order valence-corrected chi connectivity index (χ4v) is 17.2. The van der Waals surface area contributed by atoms with Crippen LogP contribution in [0.3, 0.4) is 0 Å². The number of ketones is 4. The molecule has 3 heterocycles. The van der Waals surface area contributed by atoms with E-state index >= 15 is 0 Å². The first kappa shape index (κ1) is 92.8. The summed E-state index contributed by atoms with van der Waals surface area (Å²) in [7, 11) is 9.20. The number of amides is 7. The third kappa shape index (κ3) is 27.1. The van der Waals surface area contributed by atoms with Crippen molar-refractivity contribution in [1.29, 1.82) is 0 Å². The SMILES string of the molecule is CC[C@H](C)[C@@H]([C@@H](CC(=O)N1CCC[C@H]1[C@H](OC)[C@@H](C)C(=O)C[C@H](C)[C@@H](O)c1ccccc1)OC)N(C)C(=O)[C@@H](CC(=O)[C@H](C(C)C)N(C)C(=O)OCc1ccc(NC(=O)[C@H](C)CC(=O)[C@@H](NC(=O)CCSSC(C)(C)CC(=O)CN=C2CCOc3cc(OCCCC(=O)ON4C(=O)CCC4=O)ccc32)C(C)C)cc1)C(C)C. The average Bonchev–Trinajstić information content (AvgIpc) is 1.10. The quantitative estimate of drug-likeness (QED) is 0.0269. The highest BCUT2D eigenvalue weighted by Crippen LogP contribution is 2.40. The van der Waals surface area contributed by atoms with E-state index in [2.05, 4.69) is 15.6 Å². The zero-order valence-electron chi connectivity index (χ0n) is 68.6. The number of rotatable bonds is 46. The average molecular weight is 1600 g/mol. The molecule has 3 aromatic carbocycles. The van der Waals surface area contributed by atoms with Crippen LogP contribution >= 0.6 is 21.6 Å². The largest absolute Gasteiger partial charge is 0.493 e. The predicted octanol–water partition coefficient (Wildman–Crippen LogP) is 12.0. The van der Waals surface area contributed by atoms with E-state index in [0.29, 0.717) is 72.4 Å². The fraction of sp³-hybridized carbons (Fsp3) is 0.631. The highest BCUT2D eigenvalue weighted by Gasteiger charge is 2.45. The number of likely N-dealkylation sites (tertiary alicyclic amines) is 1. The van der Waals surface area contributed by atoms with Gasteiger partial charge in [0.25, 0.3) is 11.8 Å². The van der Waals surface area contributed by atoms with Crippen LogP contribution in [0.25, 0.3) is 0 Å². The lowest BCUT2D eigenvalue weighted by molar-refractivity contribution is -0.197. The summed E-state index contributed by atoms with van der Waals surface area (Å²) in [6.07, 6.45) is -0.0492. The van der Waals surface area contributed by atoms with Crippen molar-refractivity contribution in [2.24, 2.45) is 52.3 Å². The molecule has 0 aromatic heterocycles. The maximum absolute atomic E-state index is 14.9. The minimum absolute atomic E-state index is 0.0147. The third-order valence-corrected chi connectivity index (χ3v) is 24.5. The molecular weight excluding hydrogens is 1480 g/mol. The molecule has 0 spiro atoms. The standard InChI is InChI=1S/C84H121N7O19S2/c1-18-53(8)78(70(105-16)46-74(99)90-38-22-26-65(90)80(106-17)56(11)66(93)42-54(9)79(101)58-24-20-19-21-25-58)88(14)82(103)63(50(2)3)45-68(95)77(52(6)7)89(15)83(104)109-49-57-28-30-59(31-29-57)86-81(102)55(10)43-67(94)76(51(4)5)87-71(96)37-41-111-112-84(12,13)47-60(92)48-85-64-36-40-108-69-44-61(32-33-62(64)69)107-39-23-27-75(100)110-91-72(97)34-35-73(91)98/h19-21,24-25,28-33,44,50-56,63,65,70,76-80,101H,18,22-23,26-27,34-43,45-49H2,1-17H3,(H,86,102)(H,87,96)/t53-,54-,55+,56-,63-,65-,70+,76-,77-,78-,79+,80+/m0/s1. The summed E-state index contributed by atoms with van der Waals surface area (Å²) in [6, 6.07) is 18.4. The van der Waals surface area contributed by atoms with Crippen molar-refractivity contribution in [3.63, 3.8) is 0 Å². The smallest absolute Gasteiger partial charge is 0.410 e. The fourth-order valence-electron chi connectivity index (χ4n) is 14.7. The van der Waals surface area contributed by atoms with Crippen LogP contribution in [0.15, 0.2) is 77.8 Å². The molecule has 112 heavy (non-hydrogen) atoms. The van der Waals surface area contributed by atoms with Crippen LogP contribution in [-0.2, 0) is 78.4 Å². The number of Topliss-reactive ketones (excluding diaryl/α,β-unsaturated/α-hetero) is 4. The number of likely N-dealkylation sites (N-methyl/N-ethyl adjacent to an activating group) is 2. The summed E-state index contributed by atoms with van der Waals surface area (Å²) in [5, 5.41) is 17.3. The van der Waals surface area contributed by atoms with E-state index in [4.69, 9.17) is 28.5 Å². The maximum atomic E-state index is 14.9. The molecule has 0 unspecified atom stereocenters. The number of aliphatic hydroxyl groups is 1. The summed E-state index contributed by atoms with van der Waals surface area (Å²) in [5.74, 6) is -5.84. The molecule has 3 aliphatic heterocycles. The lowest BCUT2D eigenvalue weighted by Crippen LogP contribution is -2.54. The molecule has 7 amide bonds. The van der Waals surface area contributed by atoms with Crippen molar-refractivity contribution in [2.45, 2.75) is 234 Å². The third-order valence-electron chi connectivity index (χ3n) is 21.3. The number of carbonyl (C=O) groups excluding carboxylic acids is 12. The molecule has 12 atom stereocenters. The Bertz CT molecular complexity index is 3730. The molecule has 2 fully saturated rings. The number of anilines is 1.